The van der Waals surface area contributed by atoms with Gasteiger partial charge in [-0.15, -0.1) is 0 Å². The zero-order chi connectivity index (χ0) is 35.7. The average Bonchev–Trinajstić information content (AvgIpc) is 3.03. The van der Waals surface area contributed by atoms with Gasteiger partial charge in [0.2, 0.25) is 0 Å². The molecule has 7 nitrogen and oxygen atoms in total. The number of rotatable bonds is 33. The van der Waals surface area contributed by atoms with Gasteiger partial charge < -0.3 is 19.1 Å². The van der Waals surface area contributed by atoms with Crippen molar-refractivity contribution < 1.29 is 28.6 Å². The summed E-state index contributed by atoms with van der Waals surface area (Å²) in [6.45, 7) is 9.04. The van der Waals surface area contributed by atoms with Crippen molar-refractivity contribution in [3.8, 4) is 0 Å². The van der Waals surface area contributed by atoms with E-state index in [1.165, 1.54) is 38.5 Å². The van der Waals surface area contributed by atoms with Gasteiger partial charge in [0.1, 0.15) is 17.6 Å². The number of allylic oxidation sites excluding steroid dienone is 4. The molecular formula is C41H75NO6. The summed E-state index contributed by atoms with van der Waals surface area (Å²) in [6, 6.07) is 0. The molecule has 0 saturated heterocycles. The van der Waals surface area contributed by atoms with Gasteiger partial charge in [-0.05, 0) is 117 Å². The maximum Gasteiger partial charge on any atom is 0.310 e. The number of esters is 3. The first-order valence-electron chi connectivity index (χ1n) is 19.8. The van der Waals surface area contributed by atoms with Crippen LogP contribution < -0.4 is 0 Å². The Morgan fingerprint density at radius 1 is 0.521 bits per heavy atom. The molecule has 0 fully saturated rings. The molecule has 0 heterocycles. The Hall–Kier alpha value is -2.15. The van der Waals surface area contributed by atoms with Crippen LogP contribution in [-0.2, 0) is 28.6 Å². The van der Waals surface area contributed by atoms with E-state index in [0.717, 1.165) is 127 Å². The summed E-state index contributed by atoms with van der Waals surface area (Å²) < 4.78 is 16.8. The first-order valence-corrected chi connectivity index (χ1v) is 19.8. The topological polar surface area (TPSA) is 82.1 Å². The highest BCUT2D eigenvalue weighted by molar-refractivity contribution is 5.71. The van der Waals surface area contributed by atoms with E-state index in [4.69, 9.17) is 14.2 Å². The molecule has 0 bridgehead atoms. The normalized spacial score (nSPS) is 12.7. The number of carbonyl (C=O) groups excluding carboxylic acids is 3. The minimum Gasteiger partial charge on any atom is -0.462 e. The van der Waals surface area contributed by atoms with E-state index >= 15 is 0 Å². The molecule has 0 saturated carbocycles. The number of hydrogen-bond acceptors (Lipinski definition) is 7. The Labute approximate surface area is 296 Å². The van der Waals surface area contributed by atoms with Gasteiger partial charge in [-0.3, -0.25) is 14.4 Å². The van der Waals surface area contributed by atoms with Crippen LogP contribution in [0.2, 0.25) is 0 Å². The second-order valence-electron chi connectivity index (χ2n) is 13.9. The van der Waals surface area contributed by atoms with Crippen molar-refractivity contribution in [1.29, 1.82) is 0 Å². The highest BCUT2D eigenvalue weighted by atomic mass is 16.5. The monoisotopic (exact) mass is 678 g/mol. The van der Waals surface area contributed by atoms with Crippen LogP contribution in [0.4, 0.5) is 0 Å². The van der Waals surface area contributed by atoms with Gasteiger partial charge >= 0.3 is 17.9 Å². The smallest absolute Gasteiger partial charge is 0.310 e. The van der Waals surface area contributed by atoms with Gasteiger partial charge in [-0.25, -0.2) is 0 Å². The van der Waals surface area contributed by atoms with Crippen LogP contribution in [0, 0.1) is 0 Å². The highest BCUT2D eigenvalue weighted by Gasteiger charge is 2.15. The molecule has 0 rings (SSSR count). The Morgan fingerprint density at radius 2 is 0.917 bits per heavy atom. The predicted molar refractivity (Wildman–Crippen MR) is 200 cm³/mol. The van der Waals surface area contributed by atoms with Crippen molar-refractivity contribution in [2.24, 2.45) is 0 Å². The summed E-state index contributed by atoms with van der Waals surface area (Å²) in [5.74, 6) is 1.11. The third-order valence-corrected chi connectivity index (χ3v) is 8.63. The molecule has 0 aliphatic heterocycles. The third-order valence-electron chi connectivity index (χ3n) is 8.63. The Bertz CT molecular complexity index is 809. The Balaban J connectivity index is 4.27. The molecule has 0 N–H and O–H groups in total. The standard InChI is InChI=1S/C41H75NO6/c1-7-9-11-15-21-28-36(3)46-39(43)32-25-19-13-17-23-30-38(48-41(45)34-27-35-42(5)6)31-24-18-14-20-26-33-40(44)47-37(4)29-22-16-12-10-8-2/h28-29,38H,7-27,30-35H2,1-6H3/b36-28+,37-29+. The zero-order valence-corrected chi connectivity index (χ0v) is 32.2. The summed E-state index contributed by atoms with van der Waals surface area (Å²) in [5.41, 5.74) is 0. The minimum absolute atomic E-state index is 0.0321. The molecule has 0 aliphatic rings. The van der Waals surface area contributed by atoms with E-state index < -0.39 is 0 Å². The van der Waals surface area contributed by atoms with E-state index in [9.17, 15) is 14.4 Å². The average molecular weight is 678 g/mol. The van der Waals surface area contributed by atoms with E-state index in [2.05, 4.69) is 18.7 Å². The quantitative estimate of drug-likeness (QED) is 0.0296. The number of ether oxygens (including phenoxy) is 3. The van der Waals surface area contributed by atoms with Crippen LogP contribution >= 0.6 is 0 Å². The molecule has 280 valence electrons. The Kier molecular flexibility index (Phi) is 31.9. The molecule has 0 aromatic heterocycles. The van der Waals surface area contributed by atoms with Crippen LogP contribution in [0.5, 0.6) is 0 Å². The van der Waals surface area contributed by atoms with Crippen LogP contribution in [0.1, 0.15) is 195 Å². The zero-order valence-electron chi connectivity index (χ0n) is 32.2. The lowest BCUT2D eigenvalue weighted by Crippen LogP contribution is -2.20. The first-order chi connectivity index (χ1) is 23.2. The van der Waals surface area contributed by atoms with Crippen molar-refractivity contribution >= 4 is 17.9 Å². The summed E-state index contributed by atoms with van der Waals surface area (Å²) in [5, 5.41) is 0. The number of hydrogen-bond donors (Lipinski definition) is 0. The van der Waals surface area contributed by atoms with Crippen molar-refractivity contribution in [1.82, 2.24) is 4.90 Å². The summed E-state index contributed by atoms with van der Waals surface area (Å²) >= 11 is 0. The number of unbranched alkanes of at least 4 members (excludes halogenated alkanes) is 16. The van der Waals surface area contributed by atoms with Gasteiger partial charge in [-0.2, -0.15) is 0 Å². The fourth-order valence-electron chi connectivity index (χ4n) is 5.69. The Morgan fingerprint density at radius 3 is 1.35 bits per heavy atom. The maximum atomic E-state index is 12.5. The molecular weight excluding hydrogens is 602 g/mol. The molecule has 0 aromatic carbocycles. The molecule has 0 radical (unpaired) electrons. The van der Waals surface area contributed by atoms with Gasteiger partial charge in [-0.1, -0.05) is 90.9 Å². The third kappa shape index (κ3) is 32.4. The van der Waals surface area contributed by atoms with Crippen LogP contribution in [0.15, 0.2) is 23.7 Å². The molecule has 0 aromatic rings. The second kappa shape index (κ2) is 33.4. The molecule has 0 atom stereocenters. The molecule has 0 unspecified atom stereocenters. The van der Waals surface area contributed by atoms with Crippen molar-refractivity contribution in [3.05, 3.63) is 23.7 Å². The number of nitrogens with zero attached hydrogens (tertiary/aromatic N) is 1. The van der Waals surface area contributed by atoms with Crippen molar-refractivity contribution in [2.45, 2.75) is 201 Å². The van der Waals surface area contributed by atoms with Gasteiger partial charge in [0, 0.05) is 19.3 Å². The minimum atomic E-state index is -0.130. The lowest BCUT2D eigenvalue weighted by Gasteiger charge is -2.18. The maximum absolute atomic E-state index is 12.5. The molecule has 48 heavy (non-hydrogen) atoms. The van der Waals surface area contributed by atoms with E-state index in [1.54, 1.807) is 0 Å². The first kappa shape index (κ1) is 45.9. The summed E-state index contributed by atoms with van der Waals surface area (Å²) in [6.07, 6.45) is 29.7. The van der Waals surface area contributed by atoms with Gasteiger partial charge in [0.05, 0.1) is 0 Å². The predicted octanol–water partition coefficient (Wildman–Crippen LogP) is 11.5. The van der Waals surface area contributed by atoms with Crippen molar-refractivity contribution in [2.75, 3.05) is 20.6 Å². The molecule has 0 aliphatic carbocycles. The van der Waals surface area contributed by atoms with E-state index in [-0.39, 0.29) is 24.0 Å². The second-order valence-corrected chi connectivity index (χ2v) is 13.9. The van der Waals surface area contributed by atoms with Crippen LogP contribution in [0.25, 0.3) is 0 Å². The van der Waals surface area contributed by atoms with Crippen molar-refractivity contribution in [3.63, 3.8) is 0 Å². The summed E-state index contributed by atoms with van der Waals surface area (Å²) in [4.78, 5) is 38.9. The largest absolute Gasteiger partial charge is 0.462 e. The van der Waals surface area contributed by atoms with Gasteiger partial charge in [0.25, 0.3) is 0 Å². The SMILES string of the molecule is CCCCCC/C=C(\C)OC(=O)CCCCCCCC(CCCCCCCC(=O)O/C(C)=C/CCCCCC)OC(=O)CCCN(C)C. The lowest BCUT2D eigenvalue weighted by atomic mass is 10.0. The molecule has 0 amide bonds. The molecule has 0 spiro atoms. The summed E-state index contributed by atoms with van der Waals surface area (Å²) in [7, 11) is 4.03. The fraction of sp³-hybridized carbons (Fsp3) is 0.829. The highest BCUT2D eigenvalue weighted by Crippen LogP contribution is 2.18. The molecule has 7 heteroatoms. The van der Waals surface area contributed by atoms with Crippen LogP contribution in [-0.4, -0.2) is 49.6 Å². The fourth-order valence-corrected chi connectivity index (χ4v) is 5.69. The van der Waals surface area contributed by atoms with Gasteiger partial charge in [0.15, 0.2) is 0 Å². The number of carbonyl (C=O) groups is 3. The lowest BCUT2D eigenvalue weighted by molar-refractivity contribution is -0.150. The van der Waals surface area contributed by atoms with E-state index in [1.807, 2.05) is 40.1 Å². The van der Waals surface area contributed by atoms with E-state index in [0.29, 0.717) is 19.3 Å². The van der Waals surface area contributed by atoms with Crippen LogP contribution in [0.3, 0.4) is 0 Å².